The number of ether oxygens (including phenoxy) is 1. The molecular weight excluding hydrogens is 204 g/mol. The van der Waals surface area contributed by atoms with Gasteiger partial charge < -0.3 is 10.1 Å². The summed E-state index contributed by atoms with van der Waals surface area (Å²) in [5, 5.41) is 11.3. The van der Waals surface area contributed by atoms with Gasteiger partial charge in [0.2, 0.25) is 0 Å². The van der Waals surface area contributed by atoms with Gasteiger partial charge in [-0.3, -0.25) is 0 Å². The van der Waals surface area contributed by atoms with E-state index >= 15 is 0 Å². The van der Waals surface area contributed by atoms with Gasteiger partial charge in [-0.15, -0.1) is 5.10 Å². The summed E-state index contributed by atoms with van der Waals surface area (Å²) in [6.45, 7) is 6.28. The highest BCUT2D eigenvalue weighted by atomic mass is 16.5. The predicted octanol–water partition coefficient (Wildman–Crippen LogP) is 0.814. The molecule has 0 amide bonds. The Kier molecular flexibility index (Phi) is 4.30. The fraction of sp³-hybridized carbons (Fsp3) is 0.818. The minimum Gasteiger partial charge on any atom is -0.379 e. The SMILES string of the molecule is CCNCc1cn(CCOCC2CC2)nn1. The van der Waals surface area contributed by atoms with Gasteiger partial charge in [-0.05, 0) is 25.3 Å². The number of hydrogen-bond donors (Lipinski definition) is 1. The molecule has 5 nitrogen and oxygen atoms in total. The van der Waals surface area contributed by atoms with Gasteiger partial charge in [-0.25, -0.2) is 4.68 Å². The molecule has 0 radical (unpaired) electrons. The van der Waals surface area contributed by atoms with Crippen molar-refractivity contribution in [2.75, 3.05) is 19.8 Å². The summed E-state index contributed by atoms with van der Waals surface area (Å²) in [5.74, 6) is 0.833. The van der Waals surface area contributed by atoms with E-state index in [4.69, 9.17) is 4.74 Å². The quantitative estimate of drug-likeness (QED) is 0.664. The Morgan fingerprint density at radius 3 is 3.19 bits per heavy atom. The second kappa shape index (κ2) is 5.96. The standard InChI is InChI=1S/C11H20N4O/c1-2-12-7-11-8-15(14-13-11)5-6-16-9-10-3-4-10/h8,10,12H,2-7,9H2,1H3. The molecule has 5 heteroatoms. The van der Waals surface area contributed by atoms with Crippen molar-refractivity contribution in [3.05, 3.63) is 11.9 Å². The molecule has 0 aromatic carbocycles. The summed E-state index contributed by atoms with van der Waals surface area (Å²) in [6, 6.07) is 0. The van der Waals surface area contributed by atoms with E-state index in [0.29, 0.717) is 0 Å². The molecule has 1 fully saturated rings. The fourth-order valence-electron chi connectivity index (χ4n) is 1.47. The van der Waals surface area contributed by atoms with E-state index in [1.807, 2.05) is 10.9 Å². The van der Waals surface area contributed by atoms with Crippen LogP contribution in [0.3, 0.4) is 0 Å². The summed E-state index contributed by atoms with van der Waals surface area (Å²) in [5.41, 5.74) is 0.990. The molecule has 1 aliphatic carbocycles. The van der Waals surface area contributed by atoms with Crippen LogP contribution in [0.1, 0.15) is 25.5 Å². The second-order valence-corrected chi connectivity index (χ2v) is 4.27. The first-order valence-electron chi connectivity index (χ1n) is 6.06. The van der Waals surface area contributed by atoms with Crippen molar-refractivity contribution in [1.82, 2.24) is 20.3 Å². The zero-order chi connectivity index (χ0) is 11.2. The highest BCUT2D eigenvalue weighted by molar-refractivity contribution is 4.91. The third-order valence-corrected chi connectivity index (χ3v) is 2.66. The maximum absolute atomic E-state index is 5.55. The third-order valence-electron chi connectivity index (χ3n) is 2.66. The van der Waals surface area contributed by atoms with Crippen molar-refractivity contribution < 1.29 is 4.74 Å². The Morgan fingerprint density at radius 2 is 2.44 bits per heavy atom. The lowest BCUT2D eigenvalue weighted by atomic mass is 10.4. The molecule has 2 rings (SSSR count). The van der Waals surface area contributed by atoms with E-state index in [9.17, 15) is 0 Å². The third kappa shape index (κ3) is 3.90. The van der Waals surface area contributed by atoms with Crippen LogP contribution < -0.4 is 5.32 Å². The zero-order valence-corrected chi connectivity index (χ0v) is 9.85. The van der Waals surface area contributed by atoms with E-state index in [1.54, 1.807) is 0 Å². The van der Waals surface area contributed by atoms with Crippen LogP contribution in [-0.2, 0) is 17.8 Å². The average molecular weight is 224 g/mol. The molecule has 0 spiro atoms. The van der Waals surface area contributed by atoms with Gasteiger partial charge in [-0.2, -0.15) is 0 Å². The summed E-state index contributed by atoms with van der Waals surface area (Å²) in [4.78, 5) is 0. The average Bonchev–Trinajstić information content (AvgIpc) is 3.01. The van der Waals surface area contributed by atoms with Gasteiger partial charge in [0.15, 0.2) is 0 Å². The van der Waals surface area contributed by atoms with E-state index < -0.39 is 0 Å². The number of nitrogens with zero attached hydrogens (tertiary/aromatic N) is 3. The van der Waals surface area contributed by atoms with Crippen LogP contribution in [0.5, 0.6) is 0 Å². The molecule has 90 valence electrons. The van der Waals surface area contributed by atoms with Crippen molar-refractivity contribution >= 4 is 0 Å². The Balaban J connectivity index is 1.61. The molecule has 1 aromatic heterocycles. The lowest BCUT2D eigenvalue weighted by Gasteiger charge is -2.02. The summed E-state index contributed by atoms with van der Waals surface area (Å²) >= 11 is 0. The van der Waals surface area contributed by atoms with Crippen molar-refractivity contribution in [2.45, 2.75) is 32.9 Å². The normalized spacial score (nSPS) is 15.6. The monoisotopic (exact) mass is 224 g/mol. The highest BCUT2D eigenvalue weighted by Crippen LogP contribution is 2.28. The molecule has 0 saturated heterocycles. The van der Waals surface area contributed by atoms with E-state index in [1.165, 1.54) is 12.8 Å². The Labute approximate surface area is 96.2 Å². The number of nitrogens with one attached hydrogen (secondary N) is 1. The van der Waals surface area contributed by atoms with Crippen molar-refractivity contribution in [3.8, 4) is 0 Å². The zero-order valence-electron chi connectivity index (χ0n) is 9.85. The molecule has 0 atom stereocenters. The molecule has 1 aliphatic rings. The Bertz CT molecular complexity index is 309. The molecule has 0 unspecified atom stereocenters. The minimum atomic E-state index is 0.737. The highest BCUT2D eigenvalue weighted by Gasteiger charge is 2.20. The second-order valence-electron chi connectivity index (χ2n) is 4.27. The molecule has 1 heterocycles. The predicted molar refractivity (Wildman–Crippen MR) is 60.9 cm³/mol. The van der Waals surface area contributed by atoms with E-state index in [-0.39, 0.29) is 0 Å². The van der Waals surface area contributed by atoms with Crippen LogP contribution in [0.4, 0.5) is 0 Å². The molecular formula is C11H20N4O. The number of aromatic nitrogens is 3. The number of rotatable bonds is 8. The Morgan fingerprint density at radius 1 is 1.56 bits per heavy atom. The lowest BCUT2D eigenvalue weighted by molar-refractivity contribution is 0.114. The fourth-order valence-corrected chi connectivity index (χ4v) is 1.47. The molecule has 1 saturated carbocycles. The van der Waals surface area contributed by atoms with Crippen LogP contribution in [-0.4, -0.2) is 34.8 Å². The molecule has 1 N–H and O–H groups in total. The maximum Gasteiger partial charge on any atom is 0.0964 e. The Hall–Kier alpha value is -0.940. The van der Waals surface area contributed by atoms with Crippen LogP contribution in [0.25, 0.3) is 0 Å². The summed E-state index contributed by atoms with van der Waals surface area (Å²) in [6.07, 6.45) is 4.66. The molecule has 0 aliphatic heterocycles. The van der Waals surface area contributed by atoms with Gasteiger partial charge in [-0.1, -0.05) is 12.1 Å². The van der Waals surface area contributed by atoms with Crippen LogP contribution in [0.2, 0.25) is 0 Å². The molecule has 0 bridgehead atoms. The van der Waals surface area contributed by atoms with Crippen LogP contribution in [0.15, 0.2) is 6.20 Å². The van der Waals surface area contributed by atoms with Gasteiger partial charge in [0.1, 0.15) is 0 Å². The van der Waals surface area contributed by atoms with Crippen molar-refractivity contribution in [1.29, 1.82) is 0 Å². The number of hydrogen-bond acceptors (Lipinski definition) is 4. The van der Waals surface area contributed by atoms with Gasteiger partial charge >= 0.3 is 0 Å². The first kappa shape index (κ1) is 11.5. The summed E-state index contributed by atoms with van der Waals surface area (Å²) in [7, 11) is 0. The van der Waals surface area contributed by atoms with Gasteiger partial charge in [0, 0.05) is 19.3 Å². The first-order chi connectivity index (χ1) is 7.88. The first-order valence-corrected chi connectivity index (χ1v) is 6.06. The smallest absolute Gasteiger partial charge is 0.0964 e. The lowest BCUT2D eigenvalue weighted by Crippen LogP contribution is -2.12. The van der Waals surface area contributed by atoms with Crippen molar-refractivity contribution in [3.63, 3.8) is 0 Å². The maximum atomic E-state index is 5.55. The van der Waals surface area contributed by atoms with Gasteiger partial charge in [0.05, 0.1) is 18.8 Å². The van der Waals surface area contributed by atoms with E-state index in [0.717, 1.165) is 44.5 Å². The minimum absolute atomic E-state index is 0.737. The molecule has 1 aromatic rings. The largest absolute Gasteiger partial charge is 0.379 e. The van der Waals surface area contributed by atoms with Crippen molar-refractivity contribution in [2.24, 2.45) is 5.92 Å². The topological polar surface area (TPSA) is 52.0 Å². The van der Waals surface area contributed by atoms with Crippen LogP contribution in [0, 0.1) is 5.92 Å². The molecule has 16 heavy (non-hydrogen) atoms. The summed E-state index contributed by atoms with van der Waals surface area (Å²) < 4.78 is 7.39. The van der Waals surface area contributed by atoms with Gasteiger partial charge in [0.25, 0.3) is 0 Å². The van der Waals surface area contributed by atoms with Crippen LogP contribution >= 0.6 is 0 Å². The van der Waals surface area contributed by atoms with E-state index in [2.05, 4.69) is 22.6 Å².